The quantitative estimate of drug-likeness (QED) is 0.291. The monoisotopic (exact) mass is 439 g/mol. The molecule has 0 aliphatic carbocycles. The molecule has 1 aromatic heterocycles. The molecule has 6 nitrogen and oxygen atoms in total. The molecule has 0 saturated heterocycles. The lowest BCUT2D eigenvalue weighted by molar-refractivity contribution is 0.308. The van der Waals surface area contributed by atoms with Crippen LogP contribution in [0.25, 0.3) is 21.8 Å². The summed E-state index contributed by atoms with van der Waals surface area (Å²) in [4.78, 5) is 13.1. The Kier molecular flexibility index (Phi) is 9.38. The summed E-state index contributed by atoms with van der Waals surface area (Å²) in [6.45, 7) is 9.58. The minimum absolute atomic E-state index is 0.0405. The second-order valence-electron chi connectivity index (χ2n) is 8.15. The largest absolute Gasteiger partial charge is 0.493 e. The molecule has 0 unspecified atom stereocenters. The molecule has 6 heteroatoms. The van der Waals surface area contributed by atoms with Crippen molar-refractivity contribution < 1.29 is 9.47 Å². The Morgan fingerprint density at radius 3 is 1.66 bits per heavy atom. The van der Waals surface area contributed by atoms with Crippen LogP contribution in [0.1, 0.15) is 39.5 Å². The minimum atomic E-state index is 0.0405. The maximum absolute atomic E-state index is 13.1. The molecule has 0 saturated carbocycles. The number of hydrogen-bond donors (Lipinski definition) is 2. The molecule has 0 fully saturated rings. The van der Waals surface area contributed by atoms with Crippen LogP contribution >= 0.6 is 0 Å². The van der Waals surface area contributed by atoms with Gasteiger partial charge in [-0.25, -0.2) is 0 Å². The third-order valence-electron chi connectivity index (χ3n) is 5.54. The van der Waals surface area contributed by atoms with Gasteiger partial charge in [-0.2, -0.15) is 0 Å². The predicted octanol–water partition coefficient (Wildman–Crippen LogP) is 4.23. The van der Waals surface area contributed by atoms with E-state index < -0.39 is 0 Å². The topological polar surface area (TPSA) is 64.5 Å². The maximum atomic E-state index is 13.1. The summed E-state index contributed by atoms with van der Waals surface area (Å²) >= 11 is 0. The summed E-state index contributed by atoms with van der Waals surface area (Å²) in [6, 6.07) is 11.4. The van der Waals surface area contributed by atoms with E-state index in [1.54, 1.807) is 0 Å². The van der Waals surface area contributed by atoms with E-state index in [0.29, 0.717) is 24.0 Å². The van der Waals surface area contributed by atoms with Crippen molar-refractivity contribution in [3.8, 4) is 11.5 Å². The molecule has 0 aliphatic rings. The van der Waals surface area contributed by atoms with Gasteiger partial charge in [-0.05, 0) is 76.1 Å². The molecule has 0 radical (unpaired) electrons. The van der Waals surface area contributed by atoms with Crippen molar-refractivity contribution in [1.82, 2.24) is 15.2 Å². The third kappa shape index (κ3) is 6.24. The van der Waals surface area contributed by atoms with Crippen molar-refractivity contribution >= 4 is 21.8 Å². The van der Waals surface area contributed by atoms with Crippen LogP contribution in [0.5, 0.6) is 11.5 Å². The van der Waals surface area contributed by atoms with Gasteiger partial charge in [0.25, 0.3) is 0 Å². The fraction of sp³-hybridized carbons (Fsp3) is 0.500. The average Bonchev–Trinajstić information content (AvgIpc) is 2.82. The van der Waals surface area contributed by atoms with Gasteiger partial charge in [-0.15, -0.1) is 0 Å². The van der Waals surface area contributed by atoms with Crippen molar-refractivity contribution in [1.29, 1.82) is 0 Å². The van der Waals surface area contributed by atoms with Crippen molar-refractivity contribution in [3.63, 3.8) is 0 Å². The fourth-order valence-corrected chi connectivity index (χ4v) is 3.79. The Bertz CT molecular complexity index is 982. The predicted molar refractivity (Wildman–Crippen MR) is 133 cm³/mol. The van der Waals surface area contributed by atoms with Gasteiger partial charge in [0.05, 0.1) is 24.2 Å². The van der Waals surface area contributed by atoms with Crippen LogP contribution in [-0.2, 0) is 7.05 Å². The van der Waals surface area contributed by atoms with Crippen molar-refractivity contribution in [2.24, 2.45) is 7.05 Å². The zero-order chi connectivity index (χ0) is 22.8. The van der Waals surface area contributed by atoms with E-state index in [1.807, 2.05) is 43.4 Å². The van der Waals surface area contributed by atoms with E-state index in [1.165, 1.54) is 0 Å². The van der Waals surface area contributed by atoms with Crippen LogP contribution < -0.4 is 25.5 Å². The molecule has 0 bridgehead atoms. The molecule has 0 spiro atoms. The molecule has 0 atom stereocenters. The van der Waals surface area contributed by atoms with Gasteiger partial charge in [-0.1, -0.05) is 13.8 Å². The van der Waals surface area contributed by atoms with Crippen LogP contribution in [0.3, 0.4) is 0 Å². The number of nitrogens with one attached hydrogen (secondary N) is 2. The number of aromatic nitrogens is 1. The Labute approximate surface area is 190 Å². The lowest BCUT2D eigenvalue weighted by Crippen LogP contribution is -2.18. The molecule has 2 N–H and O–H groups in total. The second kappa shape index (κ2) is 12.5. The third-order valence-corrected chi connectivity index (χ3v) is 5.54. The maximum Gasteiger partial charge on any atom is 0.197 e. The molecular weight excluding hydrogens is 402 g/mol. The zero-order valence-electron chi connectivity index (χ0n) is 19.7. The Morgan fingerprint density at radius 2 is 1.22 bits per heavy atom. The molecule has 0 amide bonds. The lowest BCUT2D eigenvalue weighted by atomic mass is 10.1. The van der Waals surface area contributed by atoms with Gasteiger partial charge in [0.15, 0.2) is 5.43 Å². The molecule has 32 heavy (non-hydrogen) atoms. The zero-order valence-corrected chi connectivity index (χ0v) is 19.7. The first-order chi connectivity index (χ1) is 15.7. The van der Waals surface area contributed by atoms with Crippen LogP contribution in [0.4, 0.5) is 0 Å². The Balaban J connectivity index is 1.73. The SMILES string of the molecule is CCCNCCCOc1ccc2c(=O)c3ccc(OCCCNCCC)cc3n(C)c2c1. The number of pyridine rings is 1. The highest BCUT2D eigenvalue weighted by Crippen LogP contribution is 2.25. The molecule has 2 aromatic carbocycles. The fourth-order valence-electron chi connectivity index (χ4n) is 3.79. The van der Waals surface area contributed by atoms with E-state index in [9.17, 15) is 4.79 Å². The smallest absolute Gasteiger partial charge is 0.197 e. The number of hydrogen-bond acceptors (Lipinski definition) is 5. The highest BCUT2D eigenvalue weighted by atomic mass is 16.5. The summed E-state index contributed by atoms with van der Waals surface area (Å²) in [5.74, 6) is 1.57. The van der Waals surface area contributed by atoms with Gasteiger partial charge in [0.2, 0.25) is 0 Å². The van der Waals surface area contributed by atoms with Gasteiger partial charge in [-0.3, -0.25) is 4.79 Å². The van der Waals surface area contributed by atoms with E-state index >= 15 is 0 Å². The van der Waals surface area contributed by atoms with E-state index in [0.717, 1.165) is 74.4 Å². The number of benzene rings is 2. The average molecular weight is 440 g/mol. The lowest BCUT2D eigenvalue weighted by Gasteiger charge is -2.14. The van der Waals surface area contributed by atoms with Crippen molar-refractivity contribution in [2.45, 2.75) is 39.5 Å². The Hall–Kier alpha value is -2.57. The molecule has 0 aliphatic heterocycles. The normalized spacial score (nSPS) is 11.3. The first-order valence-electron chi connectivity index (χ1n) is 11.9. The summed E-state index contributed by atoms with van der Waals surface area (Å²) in [7, 11) is 1.99. The van der Waals surface area contributed by atoms with E-state index in [4.69, 9.17) is 9.47 Å². The highest BCUT2D eigenvalue weighted by molar-refractivity contribution is 5.94. The first-order valence-corrected chi connectivity index (χ1v) is 11.9. The minimum Gasteiger partial charge on any atom is -0.493 e. The summed E-state index contributed by atoms with van der Waals surface area (Å²) < 4.78 is 13.9. The molecule has 3 rings (SSSR count). The van der Waals surface area contributed by atoms with Crippen molar-refractivity contribution in [2.75, 3.05) is 39.4 Å². The van der Waals surface area contributed by atoms with Gasteiger partial charge >= 0.3 is 0 Å². The highest BCUT2D eigenvalue weighted by Gasteiger charge is 2.11. The molecule has 174 valence electrons. The number of ether oxygens (including phenoxy) is 2. The Morgan fingerprint density at radius 1 is 0.750 bits per heavy atom. The number of nitrogens with zero attached hydrogens (tertiary/aromatic N) is 1. The number of rotatable bonds is 14. The second-order valence-corrected chi connectivity index (χ2v) is 8.15. The first kappa shape index (κ1) is 24.1. The van der Waals surface area contributed by atoms with Crippen LogP contribution in [-0.4, -0.2) is 44.0 Å². The van der Waals surface area contributed by atoms with Gasteiger partial charge in [0, 0.05) is 30.0 Å². The summed E-state index contributed by atoms with van der Waals surface area (Å²) in [5.41, 5.74) is 1.77. The van der Waals surface area contributed by atoms with Crippen LogP contribution in [0.15, 0.2) is 41.2 Å². The van der Waals surface area contributed by atoms with Gasteiger partial charge in [0.1, 0.15) is 11.5 Å². The van der Waals surface area contributed by atoms with Gasteiger partial charge < -0.3 is 24.7 Å². The summed E-state index contributed by atoms with van der Waals surface area (Å²) in [6.07, 6.45) is 4.17. The number of fused-ring (bicyclic) bond motifs is 2. The number of aryl methyl sites for hydroxylation is 1. The molecular formula is C26H37N3O3. The molecule has 3 aromatic rings. The van der Waals surface area contributed by atoms with Crippen LogP contribution in [0, 0.1) is 0 Å². The van der Waals surface area contributed by atoms with Crippen molar-refractivity contribution in [3.05, 3.63) is 46.6 Å². The van der Waals surface area contributed by atoms with E-state index in [2.05, 4.69) is 29.0 Å². The van der Waals surface area contributed by atoms with E-state index in [-0.39, 0.29) is 5.43 Å². The summed E-state index contributed by atoms with van der Waals surface area (Å²) in [5, 5.41) is 8.16. The van der Waals surface area contributed by atoms with Crippen LogP contribution in [0.2, 0.25) is 0 Å². The standard InChI is InChI=1S/C26H37N3O3/c1-4-12-27-14-6-16-31-20-8-10-22-24(18-20)29(3)25-19-21(9-11-23(25)26(22)30)32-17-7-15-28-13-5-2/h8-11,18-19,27-28H,4-7,12-17H2,1-3H3. The molecule has 1 heterocycles.